The number of anilines is 1. The van der Waals surface area contributed by atoms with E-state index in [4.69, 9.17) is 0 Å². The average molecular weight is 296 g/mol. The van der Waals surface area contributed by atoms with Crippen LogP contribution in [0.5, 0.6) is 0 Å². The number of rotatable bonds is 2. The van der Waals surface area contributed by atoms with Crippen LogP contribution in [0.2, 0.25) is 0 Å². The van der Waals surface area contributed by atoms with Crippen LogP contribution < -0.4 is 10.2 Å². The van der Waals surface area contributed by atoms with Gasteiger partial charge in [0.15, 0.2) is 0 Å². The maximum atomic E-state index is 3.54. The van der Waals surface area contributed by atoms with Gasteiger partial charge in [-0.25, -0.2) is 0 Å². The minimum absolute atomic E-state index is 0.791. The van der Waals surface area contributed by atoms with Gasteiger partial charge in [0.2, 0.25) is 0 Å². The van der Waals surface area contributed by atoms with Crippen LogP contribution in [0.1, 0.15) is 0 Å². The second-order valence-electron chi connectivity index (χ2n) is 4.81. The highest BCUT2D eigenvalue weighted by Crippen LogP contribution is 2.21. The Bertz CT molecular complexity index is 384. The molecule has 92 valence electrons. The maximum absolute atomic E-state index is 3.54. The van der Waals surface area contributed by atoms with E-state index in [-0.39, 0.29) is 0 Å². The lowest BCUT2D eigenvalue weighted by Crippen LogP contribution is -2.61. The molecule has 2 aliphatic heterocycles. The van der Waals surface area contributed by atoms with Crippen LogP contribution in [0, 0.1) is 0 Å². The summed E-state index contributed by atoms with van der Waals surface area (Å²) in [6, 6.07) is 9.40. The van der Waals surface area contributed by atoms with Crippen molar-refractivity contribution in [3.8, 4) is 0 Å². The third-order valence-corrected chi connectivity index (χ3v) is 4.26. The van der Waals surface area contributed by atoms with Crippen molar-refractivity contribution < 1.29 is 0 Å². The van der Waals surface area contributed by atoms with Gasteiger partial charge in [0.05, 0.1) is 0 Å². The maximum Gasteiger partial charge on any atom is 0.0378 e. The molecule has 0 radical (unpaired) electrons. The number of piperazine rings is 1. The first kappa shape index (κ1) is 11.5. The summed E-state index contributed by atoms with van der Waals surface area (Å²) in [5.41, 5.74) is 1.34. The van der Waals surface area contributed by atoms with E-state index in [0.29, 0.717) is 0 Å². The van der Waals surface area contributed by atoms with Gasteiger partial charge < -0.3 is 10.2 Å². The Morgan fingerprint density at radius 2 is 1.88 bits per heavy atom. The molecule has 1 aromatic carbocycles. The fraction of sp³-hybridized carbons (Fsp3) is 0.538. The first-order chi connectivity index (χ1) is 8.33. The normalized spacial score (nSPS) is 22.5. The zero-order valence-corrected chi connectivity index (χ0v) is 11.5. The van der Waals surface area contributed by atoms with Crippen molar-refractivity contribution in [3.05, 3.63) is 28.7 Å². The van der Waals surface area contributed by atoms with E-state index in [2.05, 4.69) is 55.3 Å². The molecule has 0 amide bonds. The number of benzene rings is 1. The Hall–Kier alpha value is -0.580. The standard InChI is InChI=1S/C13H18BrN3/c14-11-2-1-3-12(8-11)16-4-6-17(7-5-16)13-9-15-10-13/h1-3,8,13,15H,4-7,9-10H2. The van der Waals surface area contributed by atoms with Gasteiger partial charge in [-0.2, -0.15) is 0 Å². The van der Waals surface area contributed by atoms with E-state index in [1.807, 2.05) is 0 Å². The largest absolute Gasteiger partial charge is 0.369 e. The second-order valence-corrected chi connectivity index (χ2v) is 5.73. The van der Waals surface area contributed by atoms with Crippen LogP contribution >= 0.6 is 15.9 Å². The summed E-state index contributed by atoms with van der Waals surface area (Å²) in [6.07, 6.45) is 0. The molecule has 0 aromatic heterocycles. The van der Waals surface area contributed by atoms with Crippen LogP contribution in [0.25, 0.3) is 0 Å². The van der Waals surface area contributed by atoms with Gasteiger partial charge in [0.25, 0.3) is 0 Å². The van der Waals surface area contributed by atoms with Gasteiger partial charge in [-0.3, -0.25) is 4.90 Å². The number of nitrogens with one attached hydrogen (secondary N) is 1. The highest BCUT2D eigenvalue weighted by atomic mass is 79.9. The molecule has 0 spiro atoms. The molecule has 2 fully saturated rings. The fourth-order valence-electron chi connectivity index (χ4n) is 2.55. The highest BCUT2D eigenvalue weighted by Gasteiger charge is 2.27. The monoisotopic (exact) mass is 295 g/mol. The summed E-state index contributed by atoms with van der Waals surface area (Å²) < 4.78 is 1.17. The molecule has 2 aliphatic rings. The lowest BCUT2D eigenvalue weighted by atomic mass is 10.1. The Morgan fingerprint density at radius 3 is 2.47 bits per heavy atom. The van der Waals surface area contributed by atoms with Crippen molar-refractivity contribution in [2.45, 2.75) is 6.04 Å². The van der Waals surface area contributed by atoms with Crippen molar-refractivity contribution in [2.75, 3.05) is 44.2 Å². The Labute approximate surface area is 111 Å². The fourth-order valence-corrected chi connectivity index (χ4v) is 2.94. The van der Waals surface area contributed by atoms with E-state index in [1.165, 1.54) is 36.3 Å². The van der Waals surface area contributed by atoms with Gasteiger partial charge in [-0.15, -0.1) is 0 Å². The van der Waals surface area contributed by atoms with Crippen LogP contribution in [0.4, 0.5) is 5.69 Å². The van der Waals surface area contributed by atoms with Crippen LogP contribution in [0.15, 0.2) is 28.7 Å². The molecule has 0 saturated carbocycles. The van der Waals surface area contributed by atoms with Gasteiger partial charge in [0, 0.05) is 55.5 Å². The molecular weight excluding hydrogens is 278 g/mol. The summed E-state index contributed by atoms with van der Waals surface area (Å²) in [5, 5.41) is 3.35. The van der Waals surface area contributed by atoms with Crippen molar-refractivity contribution in [2.24, 2.45) is 0 Å². The summed E-state index contributed by atoms with van der Waals surface area (Å²) in [6.45, 7) is 7.03. The molecule has 0 bridgehead atoms. The first-order valence-corrected chi connectivity index (χ1v) is 7.07. The topological polar surface area (TPSA) is 18.5 Å². The predicted octanol–water partition coefficient (Wildman–Crippen LogP) is 1.54. The van der Waals surface area contributed by atoms with Crippen LogP contribution in [0.3, 0.4) is 0 Å². The molecule has 4 heteroatoms. The van der Waals surface area contributed by atoms with Gasteiger partial charge >= 0.3 is 0 Å². The van der Waals surface area contributed by atoms with Crippen LogP contribution in [-0.2, 0) is 0 Å². The molecule has 3 rings (SSSR count). The lowest BCUT2D eigenvalue weighted by Gasteiger charge is -2.43. The Balaban J connectivity index is 1.60. The summed E-state index contributed by atoms with van der Waals surface area (Å²) in [4.78, 5) is 5.10. The van der Waals surface area contributed by atoms with E-state index in [0.717, 1.165) is 19.1 Å². The zero-order chi connectivity index (χ0) is 11.7. The minimum Gasteiger partial charge on any atom is -0.369 e. The predicted molar refractivity (Wildman–Crippen MR) is 74.6 cm³/mol. The minimum atomic E-state index is 0.791. The van der Waals surface area contributed by atoms with E-state index >= 15 is 0 Å². The molecule has 1 N–H and O–H groups in total. The van der Waals surface area contributed by atoms with Crippen LogP contribution in [-0.4, -0.2) is 50.2 Å². The number of halogens is 1. The van der Waals surface area contributed by atoms with E-state index < -0.39 is 0 Å². The number of hydrogen-bond acceptors (Lipinski definition) is 3. The van der Waals surface area contributed by atoms with Gasteiger partial charge in [-0.1, -0.05) is 22.0 Å². The Kier molecular flexibility index (Phi) is 3.36. The van der Waals surface area contributed by atoms with Crippen molar-refractivity contribution >= 4 is 21.6 Å². The van der Waals surface area contributed by atoms with Crippen molar-refractivity contribution in [3.63, 3.8) is 0 Å². The molecule has 2 heterocycles. The summed E-state index contributed by atoms with van der Waals surface area (Å²) >= 11 is 3.54. The van der Waals surface area contributed by atoms with Gasteiger partial charge in [-0.05, 0) is 18.2 Å². The molecule has 3 nitrogen and oxygen atoms in total. The third kappa shape index (κ3) is 2.49. The van der Waals surface area contributed by atoms with E-state index in [9.17, 15) is 0 Å². The third-order valence-electron chi connectivity index (χ3n) is 3.76. The SMILES string of the molecule is Brc1cccc(N2CCN(C3CNC3)CC2)c1. The molecule has 0 aliphatic carbocycles. The highest BCUT2D eigenvalue weighted by molar-refractivity contribution is 9.10. The second kappa shape index (κ2) is 4.96. The Morgan fingerprint density at radius 1 is 1.12 bits per heavy atom. The van der Waals surface area contributed by atoms with E-state index in [1.54, 1.807) is 0 Å². The van der Waals surface area contributed by atoms with Crippen molar-refractivity contribution in [1.82, 2.24) is 10.2 Å². The molecule has 17 heavy (non-hydrogen) atoms. The van der Waals surface area contributed by atoms with Crippen molar-refractivity contribution in [1.29, 1.82) is 0 Å². The molecular formula is C13H18BrN3. The summed E-state index contributed by atoms with van der Waals surface area (Å²) in [7, 11) is 0. The smallest absolute Gasteiger partial charge is 0.0378 e. The summed E-state index contributed by atoms with van der Waals surface area (Å²) in [5.74, 6) is 0. The van der Waals surface area contributed by atoms with Gasteiger partial charge in [0.1, 0.15) is 0 Å². The average Bonchev–Trinajstić information content (AvgIpc) is 2.28. The molecule has 1 aromatic rings. The quantitative estimate of drug-likeness (QED) is 0.893. The molecule has 2 saturated heterocycles. The molecule has 0 atom stereocenters. The number of nitrogens with zero attached hydrogens (tertiary/aromatic N) is 2. The number of hydrogen-bond donors (Lipinski definition) is 1. The molecule has 0 unspecified atom stereocenters. The zero-order valence-electron chi connectivity index (χ0n) is 9.90. The first-order valence-electron chi connectivity index (χ1n) is 6.28. The lowest BCUT2D eigenvalue weighted by molar-refractivity contribution is 0.138.